The van der Waals surface area contributed by atoms with E-state index in [1.807, 2.05) is 0 Å². The lowest BCUT2D eigenvalue weighted by Gasteiger charge is -2.17. The number of rotatable bonds is 3. The van der Waals surface area contributed by atoms with Crippen molar-refractivity contribution in [3.63, 3.8) is 0 Å². The number of hydrogen-bond acceptors (Lipinski definition) is 2. The van der Waals surface area contributed by atoms with E-state index in [0.29, 0.717) is 35.8 Å². The van der Waals surface area contributed by atoms with Crippen LogP contribution in [0.1, 0.15) is 12.8 Å². The SMILES string of the molecule is O=CNc1ccc(N2CCCC2=O)c(Cl)c1. The van der Waals surface area contributed by atoms with Crippen LogP contribution in [0.3, 0.4) is 0 Å². The first-order valence-electron chi connectivity index (χ1n) is 5.02. The maximum atomic E-state index is 11.5. The molecule has 84 valence electrons. The lowest BCUT2D eigenvalue weighted by Crippen LogP contribution is -2.23. The summed E-state index contributed by atoms with van der Waals surface area (Å²) < 4.78 is 0. The molecule has 5 heteroatoms. The number of nitrogens with zero attached hydrogens (tertiary/aromatic N) is 1. The summed E-state index contributed by atoms with van der Waals surface area (Å²) in [7, 11) is 0. The van der Waals surface area contributed by atoms with Crippen LogP contribution in [0, 0.1) is 0 Å². The predicted octanol–water partition coefficient (Wildman–Crippen LogP) is 2.04. The van der Waals surface area contributed by atoms with Gasteiger partial charge >= 0.3 is 0 Å². The summed E-state index contributed by atoms with van der Waals surface area (Å²) in [5.41, 5.74) is 1.33. The van der Waals surface area contributed by atoms with E-state index >= 15 is 0 Å². The largest absolute Gasteiger partial charge is 0.329 e. The van der Waals surface area contributed by atoms with Gasteiger partial charge in [-0.3, -0.25) is 9.59 Å². The van der Waals surface area contributed by atoms with E-state index in [0.717, 1.165) is 6.42 Å². The van der Waals surface area contributed by atoms with Gasteiger partial charge in [0.2, 0.25) is 12.3 Å². The minimum absolute atomic E-state index is 0.0954. The van der Waals surface area contributed by atoms with E-state index in [-0.39, 0.29) is 5.91 Å². The van der Waals surface area contributed by atoms with Gasteiger partial charge in [0.05, 0.1) is 10.7 Å². The Balaban J connectivity index is 2.28. The molecule has 4 nitrogen and oxygen atoms in total. The average molecular weight is 239 g/mol. The Morgan fingerprint density at radius 1 is 1.44 bits per heavy atom. The Hall–Kier alpha value is -1.55. The highest BCUT2D eigenvalue weighted by Gasteiger charge is 2.23. The summed E-state index contributed by atoms with van der Waals surface area (Å²) >= 11 is 6.06. The quantitative estimate of drug-likeness (QED) is 0.820. The van der Waals surface area contributed by atoms with E-state index in [2.05, 4.69) is 5.32 Å². The fraction of sp³-hybridized carbons (Fsp3) is 0.273. The van der Waals surface area contributed by atoms with Crippen molar-refractivity contribution < 1.29 is 9.59 Å². The van der Waals surface area contributed by atoms with Gasteiger partial charge in [-0.15, -0.1) is 0 Å². The van der Waals surface area contributed by atoms with Crippen molar-refractivity contribution in [1.82, 2.24) is 0 Å². The van der Waals surface area contributed by atoms with E-state index in [1.54, 1.807) is 23.1 Å². The second-order valence-electron chi connectivity index (χ2n) is 3.58. The normalized spacial score (nSPS) is 15.3. The number of benzene rings is 1. The van der Waals surface area contributed by atoms with E-state index in [1.165, 1.54) is 0 Å². The summed E-state index contributed by atoms with van der Waals surface area (Å²) in [6.07, 6.45) is 2.03. The van der Waals surface area contributed by atoms with Crippen LogP contribution < -0.4 is 10.2 Å². The molecule has 1 aromatic carbocycles. The highest BCUT2D eigenvalue weighted by atomic mass is 35.5. The Morgan fingerprint density at radius 2 is 2.25 bits per heavy atom. The van der Waals surface area contributed by atoms with Crippen LogP contribution in [0.25, 0.3) is 0 Å². The molecule has 0 unspecified atom stereocenters. The second-order valence-corrected chi connectivity index (χ2v) is 3.98. The molecule has 1 fully saturated rings. The Morgan fingerprint density at radius 3 is 2.81 bits per heavy atom. The fourth-order valence-electron chi connectivity index (χ4n) is 1.79. The summed E-state index contributed by atoms with van der Waals surface area (Å²) in [6.45, 7) is 0.707. The molecule has 1 aliphatic heterocycles. The third kappa shape index (κ3) is 2.02. The summed E-state index contributed by atoms with van der Waals surface area (Å²) in [5, 5.41) is 2.98. The minimum atomic E-state index is 0.0954. The molecule has 0 radical (unpaired) electrons. The molecule has 0 saturated carbocycles. The van der Waals surface area contributed by atoms with Crippen molar-refractivity contribution in [2.45, 2.75) is 12.8 Å². The lowest BCUT2D eigenvalue weighted by molar-refractivity contribution is -0.117. The molecule has 0 aromatic heterocycles. The topological polar surface area (TPSA) is 49.4 Å². The predicted molar refractivity (Wildman–Crippen MR) is 62.7 cm³/mol. The van der Waals surface area contributed by atoms with Crippen molar-refractivity contribution in [2.75, 3.05) is 16.8 Å². The summed E-state index contributed by atoms with van der Waals surface area (Å²) in [6, 6.07) is 5.11. The molecule has 1 saturated heterocycles. The zero-order chi connectivity index (χ0) is 11.5. The van der Waals surface area contributed by atoms with Crippen LogP contribution >= 0.6 is 11.6 Å². The Labute approximate surface area is 98.2 Å². The first-order valence-corrected chi connectivity index (χ1v) is 5.40. The van der Waals surface area contributed by atoms with E-state index < -0.39 is 0 Å². The summed E-state index contributed by atoms with van der Waals surface area (Å²) in [4.78, 5) is 23.5. The maximum Gasteiger partial charge on any atom is 0.227 e. The first-order chi connectivity index (χ1) is 7.72. The van der Waals surface area contributed by atoms with Gasteiger partial charge in [0.1, 0.15) is 0 Å². The number of carbonyl (C=O) groups is 2. The van der Waals surface area contributed by atoms with Crippen molar-refractivity contribution in [3.05, 3.63) is 23.2 Å². The van der Waals surface area contributed by atoms with Gasteiger partial charge < -0.3 is 10.2 Å². The second kappa shape index (κ2) is 4.53. The minimum Gasteiger partial charge on any atom is -0.329 e. The lowest BCUT2D eigenvalue weighted by atomic mass is 10.2. The standard InChI is InChI=1S/C11H11ClN2O2/c12-9-6-8(13-7-15)3-4-10(9)14-5-1-2-11(14)16/h3-4,6-7H,1-2,5H2,(H,13,15). The third-order valence-corrected chi connectivity index (χ3v) is 2.84. The average Bonchev–Trinajstić information content (AvgIpc) is 2.65. The monoisotopic (exact) mass is 238 g/mol. The molecule has 1 N–H and O–H groups in total. The molecular weight excluding hydrogens is 228 g/mol. The Bertz CT molecular complexity index is 434. The Kier molecular flexibility index (Phi) is 3.10. The third-order valence-electron chi connectivity index (χ3n) is 2.54. The van der Waals surface area contributed by atoms with Crippen LogP contribution in [-0.4, -0.2) is 18.9 Å². The molecule has 2 rings (SSSR count). The number of anilines is 2. The highest BCUT2D eigenvalue weighted by Crippen LogP contribution is 2.31. The van der Waals surface area contributed by atoms with Crippen molar-refractivity contribution in [1.29, 1.82) is 0 Å². The van der Waals surface area contributed by atoms with Crippen LogP contribution in [0.4, 0.5) is 11.4 Å². The molecule has 1 aromatic rings. The number of carbonyl (C=O) groups excluding carboxylic acids is 2. The number of hydrogen-bond donors (Lipinski definition) is 1. The molecule has 0 bridgehead atoms. The number of nitrogens with one attached hydrogen (secondary N) is 1. The van der Waals surface area contributed by atoms with E-state index in [9.17, 15) is 9.59 Å². The van der Waals surface area contributed by atoms with Gasteiger partial charge in [0.25, 0.3) is 0 Å². The van der Waals surface area contributed by atoms with Crippen LogP contribution in [-0.2, 0) is 9.59 Å². The van der Waals surface area contributed by atoms with E-state index in [4.69, 9.17) is 11.6 Å². The molecule has 1 heterocycles. The molecule has 0 spiro atoms. The van der Waals surface area contributed by atoms with Crippen molar-refractivity contribution in [3.8, 4) is 0 Å². The number of halogens is 1. The van der Waals surface area contributed by atoms with Gasteiger partial charge in [-0.2, -0.15) is 0 Å². The van der Waals surface area contributed by atoms with Crippen molar-refractivity contribution >= 4 is 35.3 Å². The highest BCUT2D eigenvalue weighted by molar-refractivity contribution is 6.34. The van der Waals surface area contributed by atoms with Gasteiger partial charge in [0, 0.05) is 18.7 Å². The van der Waals surface area contributed by atoms with Gasteiger partial charge in [-0.25, -0.2) is 0 Å². The molecule has 0 aliphatic carbocycles. The molecule has 0 atom stereocenters. The first kappa shape index (κ1) is 11.0. The fourth-order valence-corrected chi connectivity index (χ4v) is 2.07. The number of amides is 2. The zero-order valence-electron chi connectivity index (χ0n) is 8.57. The van der Waals surface area contributed by atoms with Crippen LogP contribution in [0.5, 0.6) is 0 Å². The van der Waals surface area contributed by atoms with Gasteiger partial charge in [-0.05, 0) is 24.6 Å². The summed E-state index contributed by atoms with van der Waals surface area (Å²) in [5.74, 6) is 0.0954. The molecule has 2 amide bonds. The maximum absolute atomic E-state index is 11.5. The molecule has 16 heavy (non-hydrogen) atoms. The molecule has 1 aliphatic rings. The smallest absolute Gasteiger partial charge is 0.227 e. The van der Waals surface area contributed by atoms with Gasteiger partial charge in [0.15, 0.2) is 0 Å². The van der Waals surface area contributed by atoms with Gasteiger partial charge in [-0.1, -0.05) is 11.6 Å². The van der Waals surface area contributed by atoms with Crippen LogP contribution in [0.2, 0.25) is 5.02 Å². The van der Waals surface area contributed by atoms with Crippen molar-refractivity contribution in [2.24, 2.45) is 0 Å². The zero-order valence-corrected chi connectivity index (χ0v) is 9.33. The van der Waals surface area contributed by atoms with Crippen LogP contribution in [0.15, 0.2) is 18.2 Å². The molecular formula is C11H11ClN2O2.